The lowest BCUT2D eigenvalue weighted by atomic mass is 10.1. The number of amidine groups is 1. The Morgan fingerprint density at radius 3 is 2.73 bits per heavy atom. The van der Waals surface area contributed by atoms with Crippen molar-refractivity contribution in [2.75, 3.05) is 7.11 Å². The van der Waals surface area contributed by atoms with Crippen LogP contribution in [0.2, 0.25) is 5.02 Å². The van der Waals surface area contributed by atoms with E-state index >= 15 is 0 Å². The van der Waals surface area contributed by atoms with Crippen LogP contribution < -0.4 is 10.1 Å². The molecule has 1 aliphatic rings. The van der Waals surface area contributed by atoms with E-state index < -0.39 is 0 Å². The van der Waals surface area contributed by atoms with Crippen LogP contribution in [0.4, 0.5) is 0 Å². The van der Waals surface area contributed by atoms with Gasteiger partial charge in [0.2, 0.25) is 5.91 Å². The van der Waals surface area contributed by atoms with E-state index in [1.807, 2.05) is 54.6 Å². The predicted molar refractivity (Wildman–Crippen MR) is 120 cm³/mol. The highest BCUT2D eigenvalue weighted by molar-refractivity contribution is 8.15. The molecule has 1 atom stereocenters. The standard InChI is InChI=1S/C22H18ClN3O3S/c1-28-15-8-6-14(7-9-15)12-20-21(27)25-22(30-20)26-24-13-16-10-11-19(29-16)17-4-2-3-5-18(17)23/h2-11,13,20H,12H2,1H3,(H,25,26,27)/b24-13-/t20-/m0/s1. The van der Waals surface area contributed by atoms with Gasteiger partial charge < -0.3 is 14.5 Å². The molecule has 1 N–H and O–H groups in total. The van der Waals surface area contributed by atoms with Crippen molar-refractivity contribution < 1.29 is 13.9 Å². The van der Waals surface area contributed by atoms with Crippen molar-refractivity contribution in [2.24, 2.45) is 10.2 Å². The number of nitrogens with zero attached hydrogens (tertiary/aromatic N) is 2. The van der Waals surface area contributed by atoms with Crippen molar-refractivity contribution in [1.82, 2.24) is 5.32 Å². The van der Waals surface area contributed by atoms with E-state index in [0.717, 1.165) is 16.9 Å². The van der Waals surface area contributed by atoms with E-state index in [1.165, 1.54) is 18.0 Å². The van der Waals surface area contributed by atoms with Gasteiger partial charge in [0, 0.05) is 5.56 Å². The molecular formula is C22H18ClN3O3S. The first-order valence-electron chi connectivity index (χ1n) is 9.18. The summed E-state index contributed by atoms with van der Waals surface area (Å²) >= 11 is 7.55. The van der Waals surface area contributed by atoms with Gasteiger partial charge in [-0.1, -0.05) is 47.6 Å². The molecule has 4 rings (SSSR count). The third-order valence-corrected chi connectivity index (χ3v) is 5.86. The summed E-state index contributed by atoms with van der Waals surface area (Å²) in [7, 11) is 1.62. The van der Waals surface area contributed by atoms with Crippen LogP contribution in [-0.2, 0) is 11.2 Å². The molecule has 0 saturated carbocycles. The van der Waals surface area contributed by atoms with E-state index in [2.05, 4.69) is 15.5 Å². The van der Waals surface area contributed by atoms with Crippen LogP contribution in [0.15, 0.2) is 75.3 Å². The third-order valence-electron chi connectivity index (χ3n) is 4.46. The minimum Gasteiger partial charge on any atom is -0.497 e. The zero-order chi connectivity index (χ0) is 20.9. The minimum atomic E-state index is -0.247. The van der Waals surface area contributed by atoms with Gasteiger partial charge in [-0.15, -0.1) is 5.10 Å². The molecule has 0 aliphatic carbocycles. The molecule has 1 fully saturated rings. The maximum atomic E-state index is 12.2. The molecule has 30 heavy (non-hydrogen) atoms. The number of amides is 1. The molecule has 1 aliphatic heterocycles. The molecule has 0 bridgehead atoms. The molecule has 2 heterocycles. The Bertz CT molecular complexity index is 1110. The van der Waals surface area contributed by atoms with Crippen molar-refractivity contribution in [1.29, 1.82) is 0 Å². The normalized spacial score (nSPS) is 17.6. The van der Waals surface area contributed by atoms with Gasteiger partial charge in [0.25, 0.3) is 0 Å². The zero-order valence-electron chi connectivity index (χ0n) is 16.0. The van der Waals surface area contributed by atoms with E-state index in [9.17, 15) is 4.79 Å². The number of nitrogens with one attached hydrogen (secondary N) is 1. The van der Waals surface area contributed by atoms with Gasteiger partial charge in [-0.3, -0.25) is 4.79 Å². The molecule has 0 spiro atoms. The molecule has 6 nitrogen and oxygen atoms in total. The number of carbonyl (C=O) groups is 1. The molecule has 8 heteroatoms. The quantitative estimate of drug-likeness (QED) is 0.443. The van der Waals surface area contributed by atoms with Crippen molar-refractivity contribution in [3.8, 4) is 17.1 Å². The fourth-order valence-corrected chi connectivity index (χ4v) is 4.12. The van der Waals surface area contributed by atoms with Crippen LogP contribution in [0.25, 0.3) is 11.3 Å². The van der Waals surface area contributed by atoms with Crippen molar-refractivity contribution in [3.63, 3.8) is 0 Å². The maximum absolute atomic E-state index is 12.2. The average molecular weight is 440 g/mol. The Balaban J connectivity index is 1.38. The lowest BCUT2D eigenvalue weighted by molar-refractivity contribution is -0.118. The Kier molecular flexibility index (Phi) is 6.21. The summed E-state index contributed by atoms with van der Waals surface area (Å²) in [5.41, 5.74) is 1.86. The average Bonchev–Trinajstić information content (AvgIpc) is 3.36. The Labute approximate surface area is 183 Å². The van der Waals surface area contributed by atoms with Gasteiger partial charge in [-0.2, -0.15) is 5.10 Å². The fourth-order valence-electron chi connectivity index (χ4n) is 2.93. The number of ether oxygens (including phenoxy) is 1. The van der Waals surface area contributed by atoms with Gasteiger partial charge in [-0.05, 0) is 48.4 Å². The number of furan rings is 1. The molecule has 1 saturated heterocycles. The van der Waals surface area contributed by atoms with Crippen LogP contribution in [0.5, 0.6) is 5.75 Å². The van der Waals surface area contributed by atoms with E-state index in [4.69, 9.17) is 20.8 Å². The summed E-state index contributed by atoms with van der Waals surface area (Å²) in [4.78, 5) is 12.2. The molecule has 2 aromatic carbocycles. The first-order chi connectivity index (χ1) is 14.6. The number of rotatable bonds is 6. The molecule has 1 amide bonds. The number of hydrogen-bond donors (Lipinski definition) is 1. The van der Waals surface area contributed by atoms with Crippen LogP contribution in [-0.4, -0.2) is 29.6 Å². The summed E-state index contributed by atoms with van der Waals surface area (Å²) in [5, 5.41) is 11.7. The second-order valence-electron chi connectivity index (χ2n) is 6.48. The number of hydrogen-bond acceptors (Lipinski definition) is 6. The lowest BCUT2D eigenvalue weighted by Gasteiger charge is -2.06. The van der Waals surface area contributed by atoms with Crippen LogP contribution in [0.1, 0.15) is 11.3 Å². The van der Waals surface area contributed by atoms with Crippen molar-refractivity contribution in [3.05, 3.63) is 77.0 Å². The van der Waals surface area contributed by atoms with Gasteiger partial charge in [0.05, 0.1) is 23.6 Å². The summed E-state index contributed by atoms with van der Waals surface area (Å²) in [6, 6.07) is 18.7. The first kappa shape index (κ1) is 20.3. The molecule has 0 unspecified atom stereocenters. The van der Waals surface area contributed by atoms with Crippen molar-refractivity contribution in [2.45, 2.75) is 11.7 Å². The van der Waals surface area contributed by atoms with Crippen LogP contribution in [0.3, 0.4) is 0 Å². The monoisotopic (exact) mass is 439 g/mol. The van der Waals surface area contributed by atoms with Gasteiger partial charge in [0.15, 0.2) is 5.17 Å². The Hall–Kier alpha value is -3.03. The second kappa shape index (κ2) is 9.19. The van der Waals surface area contributed by atoms with Gasteiger partial charge in [-0.25, -0.2) is 0 Å². The smallest absolute Gasteiger partial charge is 0.239 e. The lowest BCUT2D eigenvalue weighted by Crippen LogP contribution is -2.25. The molecule has 3 aromatic rings. The maximum Gasteiger partial charge on any atom is 0.239 e. The topological polar surface area (TPSA) is 76.2 Å². The van der Waals surface area contributed by atoms with Gasteiger partial charge in [0.1, 0.15) is 17.3 Å². The summed E-state index contributed by atoms with van der Waals surface area (Å²) < 4.78 is 10.9. The van der Waals surface area contributed by atoms with E-state index in [0.29, 0.717) is 28.1 Å². The highest BCUT2D eigenvalue weighted by Gasteiger charge is 2.30. The minimum absolute atomic E-state index is 0.0798. The number of benzene rings is 2. The number of thioether (sulfide) groups is 1. The highest BCUT2D eigenvalue weighted by atomic mass is 35.5. The summed E-state index contributed by atoms with van der Waals surface area (Å²) in [6.45, 7) is 0. The molecule has 1 aromatic heterocycles. The third kappa shape index (κ3) is 4.75. The molecule has 152 valence electrons. The van der Waals surface area contributed by atoms with E-state index in [1.54, 1.807) is 13.2 Å². The van der Waals surface area contributed by atoms with Crippen molar-refractivity contribution >= 4 is 40.7 Å². The second-order valence-corrected chi connectivity index (χ2v) is 8.08. The zero-order valence-corrected chi connectivity index (χ0v) is 17.6. The van der Waals surface area contributed by atoms with Crippen LogP contribution >= 0.6 is 23.4 Å². The first-order valence-corrected chi connectivity index (χ1v) is 10.4. The summed E-state index contributed by atoms with van der Waals surface area (Å²) in [5.74, 6) is 1.90. The molecule has 0 radical (unpaired) electrons. The number of methoxy groups -OCH3 is 1. The Morgan fingerprint density at radius 1 is 1.17 bits per heavy atom. The molecular weight excluding hydrogens is 422 g/mol. The Morgan fingerprint density at radius 2 is 1.97 bits per heavy atom. The van der Waals surface area contributed by atoms with Crippen LogP contribution in [0, 0.1) is 0 Å². The van der Waals surface area contributed by atoms with Gasteiger partial charge >= 0.3 is 0 Å². The SMILES string of the molecule is COc1ccc(C[C@@H]2S/C(=N/N=C\c3ccc(-c4ccccc4Cl)o3)NC2=O)cc1. The number of carbonyl (C=O) groups excluding carboxylic acids is 1. The number of halogens is 1. The highest BCUT2D eigenvalue weighted by Crippen LogP contribution is 2.29. The largest absolute Gasteiger partial charge is 0.497 e. The van der Waals surface area contributed by atoms with E-state index in [-0.39, 0.29) is 11.2 Å². The fraction of sp³-hybridized carbons (Fsp3) is 0.136. The predicted octanol–water partition coefficient (Wildman–Crippen LogP) is 4.77. The summed E-state index contributed by atoms with van der Waals surface area (Å²) in [6.07, 6.45) is 2.10.